The summed E-state index contributed by atoms with van der Waals surface area (Å²) in [5, 5.41) is 0. The number of hydrogen-bond donors (Lipinski definition) is 0. The third-order valence-electron chi connectivity index (χ3n) is 3.94. The van der Waals surface area contributed by atoms with Gasteiger partial charge >= 0.3 is 0 Å². The van der Waals surface area contributed by atoms with Crippen molar-refractivity contribution in [1.29, 1.82) is 0 Å². The summed E-state index contributed by atoms with van der Waals surface area (Å²) in [4.78, 5) is 17.8. The minimum Gasteiger partial charge on any atom is -0.494 e. The molecule has 1 amide bonds. The Balaban J connectivity index is 1.82. The summed E-state index contributed by atoms with van der Waals surface area (Å²) >= 11 is 0. The molecule has 1 aromatic carbocycles. The Morgan fingerprint density at radius 3 is 2.41 bits per heavy atom. The minimum absolute atomic E-state index is 0.130. The van der Waals surface area contributed by atoms with Crippen LogP contribution in [-0.2, 0) is 11.3 Å². The van der Waals surface area contributed by atoms with Crippen LogP contribution in [0.1, 0.15) is 5.56 Å². The van der Waals surface area contributed by atoms with E-state index in [-0.39, 0.29) is 17.5 Å². The fourth-order valence-electron chi connectivity index (χ4n) is 2.50. The average Bonchev–Trinajstić information content (AvgIpc) is 2.49. The van der Waals surface area contributed by atoms with Crippen LogP contribution in [0.15, 0.2) is 18.2 Å². The molecule has 5 nitrogen and oxygen atoms in total. The van der Waals surface area contributed by atoms with Crippen molar-refractivity contribution in [1.82, 2.24) is 14.7 Å². The molecule has 0 N–H and O–H groups in total. The van der Waals surface area contributed by atoms with E-state index in [1.54, 1.807) is 25.1 Å². The number of carbonyl (C=O) groups excluding carboxylic acids is 1. The van der Waals surface area contributed by atoms with Crippen LogP contribution in [0.25, 0.3) is 0 Å². The Morgan fingerprint density at radius 2 is 1.86 bits per heavy atom. The molecule has 0 saturated carbocycles. The topological polar surface area (TPSA) is 36.0 Å². The number of benzene rings is 1. The van der Waals surface area contributed by atoms with E-state index in [1.165, 1.54) is 13.2 Å². The molecule has 6 heteroatoms. The lowest BCUT2D eigenvalue weighted by molar-refractivity contribution is -0.130. The van der Waals surface area contributed by atoms with E-state index in [4.69, 9.17) is 4.74 Å². The van der Waals surface area contributed by atoms with Crippen LogP contribution in [0.3, 0.4) is 0 Å². The first-order valence-corrected chi connectivity index (χ1v) is 7.47. The highest BCUT2D eigenvalue weighted by atomic mass is 19.1. The Bertz CT molecular complexity index is 514. The molecule has 1 saturated heterocycles. The number of rotatable bonds is 5. The monoisotopic (exact) mass is 309 g/mol. The van der Waals surface area contributed by atoms with Gasteiger partial charge in [0.2, 0.25) is 5.91 Å². The standard InChI is InChI=1S/C16H24FN3O2/c1-18(2)16(21)12-20-8-6-19(7-9-20)11-13-4-5-15(22-3)14(17)10-13/h4-5,10H,6-9,11-12H2,1-3H3. The molecule has 1 aromatic rings. The van der Waals surface area contributed by atoms with Crippen molar-refractivity contribution in [2.45, 2.75) is 6.54 Å². The second-order valence-electron chi connectivity index (χ2n) is 5.81. The van der Waals surface area contributed by atoms with Gasteiger partial charge in [-0.25, -0.2) is 4.39 Å². The van der Waals surface area contributed by atoms with Crippen molar-refractivity contribution < 1.29 is 13.9 Å². The second kappa shape index (κ2) is 7.56. The van der Waals surface area contributed by atoms with Gasteiger partial charge in [-0.2, -0.15) is 0 Å². The van der Waals surface area contributed by atoms with Crippen LogP contribution in [0.5, 0.6) is 5.75 Å². The van der Waals surface area contributed by atoms with Crippen molar-refractivity contribution in [3.8, 4) is 5.75 Å². The summed E-state index contributed by atoms with van der Waals surface area (Å²) in [5.74, 6) is 0.0802. The van der Waals surface area contributed by atoms with E-state index in [0.717, 1.165) is 38.3 Å². The molecule has 0 radical (unpaired) electrons. The summed E-state index contributed by atoms with van der Waals surface area (Å²) in [6, 6.07) is 5.08. The first-order chi connectivity index (χ1) is 10.5. The predicted molar refractivity (Wildman–Crippen MR) is 83.4 cm³/mol. The lowest BCUT2D eigenvalue weighted by Gasteiger charge is -2.34. The molecule has 1 heterocycles. The van der Waals surface area contributed by atoms with Crippen LogP contribution >= 0.6 is 0 Å². The molecule has 122 valence electrons. The number of likely N-dealkylation sites (N-methyl/N-ethyl adjacent to an activating group) is 1. The number of methoxy groups -OCH3 is 1. The van der Waals surface area contributed by atoms with E-state index in [1.807, 2.05) is 6.07 Å². The van der Waals surface area contributed by atoms with Gasteiger partial charge in [-0.15, -0.1) is 0 Å². The van der Waals surface area contributed by atoms with Crippen molar-refractivity contribution in [2.75, 3.05) is 53.9 Å². The highest BCUT2D eigenvalue weighted by molar-refractivity contribution is 5.77. The van der Waals surface area contributed by atoms with Gasteiger partial charge in [-0.05, 0) is 17.7 Å². The molecule has 22 heavy (non-hydrogen) atoms. The Morgan fingerprint density at radius 1 is 1.23 bits per heavy atom. The quantitative estimate of drug-likeness (QED) is 0.814. The van der Waals surface area contributed by atoms with E-state index in [0.29, 0.717) is 6.54 Å². The summed E-state index contributed by atoms with van der Waals surface area (Å²) in [6.45, 7) is 4.67. The van der Waals surface area contributed by atoms with Crippen LogP contribution in [0.4, 0.5) is 4.39 Å². The number of amides is 1. The summed E-state index contributed by atoms with van der Waals surface area (Å²) in [7, 11) is 5.01. The maximum atomic E-state index is 13.7. The highest BCUT2D eigenvalue weighted by Gasteiger charge is 2.19. The maximum Gasteiger partial charge on any atom is 0.236 e. The van der Waals surface area contributed by atoms with Gasteiger partial charge in [0.15, 0.2) is 11.6 Å². The van der Waals surface area contributed by atoms with Crippen molar-refractivity contribution >= 4 is 5.91 Å². The Hall–Kier alpha value is -1.66. The lowest BCUT2D eigenvalue weighted by atomic mass is 10.2. The first kappa shape index (κ1) is 16.7. The van der Waals surface area contributed by atoms with Crippen LogP contribution in [0.2, 0.25) is 0 Å². The van der Waals surface area contributed by atoms with Gasteiger partial charge in [-0.3, -0.25) is 14.6 Å². The molecule has 0 spiro atoms. The smallest absolute Gasteiger partial charge is 0.236 e. The summed E-state index contributed by atoms with van der Waals surface area (Å²) in [6.07, 6.45) is 0. The number of halogens is 1. The number of ether oxygens (including phenoxy) is 1. The molecule has 1 fully saturated rings. The SMILES string of the molecule is COc1ccc(CN2CCN(CC(=O)N(C)C)CC2)cc1F. The van der Waals surface area contributed by atoms with Crippen molar-refractivity contribution in [3.05, 3.63) is 29.6 Å². The normalized spacial score (nSPS) is 16.5. The van der Waals surface area contributed by atoms with Gasteiger partial charge in [0.1, 0.15) is 0 Å². The van der Waals surface area contributed by atoms with Gasteiger partial charge in [0, 0.05) is 46.8 Å². The largest absolute Gasteiger partial charge is 0.494 e. The molecule has 1 aliphatic heterocycles. The molecule has 2 rings (SSSR count). The van der Waals surface area contributed by atoms with Crippen molar-refractivity contribution in [3.63, 3.8) is 0 Å². The average molecular weight is 309 g/mol. The summed E-state index contributed by atoms with van der Waals surface area (Å²) < 4.78 is 18.6. The molecule has 0 bridgehead atoms. The lowest BCUT2D eigenvalue weighted by Crippen LogP contribution is -2.48. The number of nitrogens with zero attached hydrogens (tertiary/aromatic N) is 3. The zero-order chi connectivity index (χ0) is 16.1. The third-order valence-corrected chi connectivity index (χ3v) is 3.94. The maximum absolute atomic E-state index is 13.7. The van der Waals surface area contributed by atoms with Crippen LogP contribution in [-0.4, -0.2) is 74.5 Å². The molecular formula is C16H24FN3O2. The molecule has 0 aromatic heterocycles. The van der Waals surface area contributed by atoms with Crippen LogP contribution < -0.4 is 4.74 Å². The fourth-order valence-corrected chi connectivity index (χ4v) is 2.50. The number of piperazine rings is 1. The second-order valence-corrected chi connectivity index (χ2v) is 5.81. The molecule has 0 atom stereocenters. The third kappa shape index (κ3) is 4.42. The Labute approximate surface area is 131 Å². The minimum atomic E-state index is -0.324. The predicted octanol–water partition coefficient (Wildman–Crippen LogP) is 1.04. The van der Waals surface area contributed by atoms with Gasteiger partial charge in [0.25, 0.3) is 0 Å². The van der Waals surface area contributed by atoms with Crippen LogP contribution in [0, 0.1) is 5.82 Å². The van der Waals surface area contributed by atoms with E-state index >= 15 is 0 Å². The van der Waals surface area contributed by atoms with Gasteiger partial charge in [0.05, 0.1) is 13.7 Å². The number of carbonyl (C=O) groups is 1. The zero-order valence-corrected chi connectivity index (χ0v) is 13.5. The van der Waals surface area contributed by atoms with Gasteiger partial charge < -0.3 is 9.64 Å². The first-order valence-electron chi connectivity index (χ1n) is 7.47. The number of hydrogen-bond acceptors (Lipinski definition) is 4. The highest BCUT2D eigenvalue weighted by Crippen LogP contribution is 2.19. The zero-order valence-electron chi connectivity index (χ0n) is 13.5. The molecular weight excluding hydrogens is 285 g/mol. The molecule has 0 unspecified atom stereocenters. The molecule has 0 aliphatic carbocycles. The van der Waals surface area contributed by atoms with E-state index in [9.17, 15) is 9.18 Å². The molecule has 1 aliphatic rings. The summed E-state index contributed by atoms with van der Waals surface area (Å²) in [5.41, 5.74) is 0.941. The van der Waals surface area contributed by atoms with E-state index < -0.39 is 0 Å². The van der Waals surface area contributed by atoms with E-state index in [2.05, 4.69) is 9.80 Å². The van der Waals surface area contributed by atoms with Gasteiger partial charge in [-0.1, -0.05) is 6.07 Å². The Kier molecular flexibility index (Phi) is 5.74. The van der Waals surface area contributed by atoms with Crippen molar-refractivity contribution in [2.24, 2.45) is 0 Å². The fraction of sp³-hybridized carbons (Fsp3) is 0.562.